The molecule has 0 radical (unpaired) electrons. The third-order valence-corrected chi connectivity index (χ3v) is 8.76. The van der Waals surface area contributed by atoms with E-state index >= 15 is 0 Å². The molecule has 0 aromatic heterocycles. The van der Waals surface area contributed by atoms with Crippen LogP contribution in [0.3, 0.4) is 0 Å². The first-order chi connectivity index (χ1) is 19.3. The van der Waals surface area contributed by atoms with Crippen molar-refractivity contribution in [1.29, 1.82) is 0 Å². The van der Waals surface area contributed by atoms with Gasteiger partial charge in [-0.05, 0) is 49.2 Å². The molecule has 220 valence electrons. The van der Waals surface area contributed by atoms with Crippen molar-refractivity contribution in [2.45, 2.75) is 45.3 Å². The monoisotopic (exact) mass is 657 g/mol. The van der Waals surface area contributed by atoms with Crippen LogP contribution in [0.4, 0.5) is 5.69 Å². The molecule has 0 fully saturated rings. The highest BCUT2D eigenvalue weighted by molar-refractivity contribution is 7.92. The molecule has 0 saturated carbocycles. The topological polar surface area (TPSA) is 86.8 Å². The van der Waals surface area contributed by atoms with E-state index in [4.69, 9.17) is 46.4 Å². The predicted molar refractivity (Wildman–Crippen MR) is 167 cm³/mol. The minimum absolute atomic E-state index is 0.109. The van der Waals surface area contributed by atoms with Gasteiger partial charge in [-0.2, -0.15) is 0 Å². The second kappa shape index (κ2) is 14.6. The van der Waals surface area contributed by atoms with E-state index in [9.17, 15) is 18.0 Å². The number of amides is 2. The zero-order chi connectivity index (χ0) is 30.3. The summed E-state index contributed by atoms with van der Waals surface area (Å²) < 4.78 is 26.7. The Balaban J connectivity index is 2.13. The fourth-order valence-electron chi connectivity index (χ4n) is 4.15. The van der Waals surface area contributed by atoms with E-state index in [1.54, 1.807) is 18.2 Å². The first-order valence-electron chi connectivity index (χ1n) is 12.8. The zero-order valence-electron chi connectivity index (χ0n) is 22.8. The summed E-state index contributed by atoms with van der Waals surface area (Å²) in [5, 5.41) is 3.97. The highest BCUT2D eigenvalue weighted by Gasteiger charge is 2.34. The minimum atomic E-state index is -3.98. The highest BCUT2D eigenvalue weighted by atomic mass is 35.5. The van der Waals surface area contributed by atoms with Crippen LogP contribution >= 0.6 is 46.4 Å². The van der Waals surface area contributed by atoms with E-state index in [0.717, 1.165) is 16.1 Å². The van der Waals surface area contributed by atoms with Crippen LogP contribution in [0.1, 0.15) is 31.4 Å². The molecule has 2 amide bonds. The summed E-state index contributed by atoms with van der Waals surface area (Å²) >= 11 is 25.3. The molecule has 0 unspecified atom stereocenters. The average molecular weight is 659 g/mol. The Kier molecular flexibility index (Phi) is 11.8. The second-order valence-corrected chi connectivity index (χ2v) is 13.2. The van der Waals surface area contributed by atoms with Crippen LogP contribution in [0.25, 0.3) is 0 Å². The van der Waals surface area contributed by atoms with Crippen molar-refractivity contribution in [3.8, 4) is 0 Å². The number of carbonyl (C=O) groups excluding carboxylic acids is 2. The number of nitrogens with one attached hydrogen (secondary N) is 1. The molecule has 0 spiro atoms. The molecule has 3 rings (SSSR count). The molecule has 0 aliphatic carbocycles. The van der Waals surface area contributed by atoms with Crippen molar-refractivity contribution in [1.82, 2.24) is 10.2 Å². The maximum absolute atomic E-state index is 14.1. The first kappa shape index (κ1) is 33.0. The maximum atomic E-state index is 14.1. The van der Waals surface area contributed by atoms with Crippen molar-refractivity contribution < 1.29 is 18.0 Å². The summed E-state index contributed by atoms with van der Waals surface area (Å²) in [4.78, 5) is 29.2. The number of sulfonamides is 1. The number of anilines is 1. The SMILES string of the molecule is CC[C@@H](C)NC(=O)[C@@H](Cc1ccccc1)N(Cc1c(Cl)cccc1Cl)C(=O)CN(c1cc(Cl)cc(Cl)c1)S(C)(=O)=O. The van der Waals surface area contributed by atoms with Crippen LogP contribution in [0, 0.1) is 0 Å². The molecule has 0 saturated heterocycles. The van der Waals surface area contributed by atoms with Gasteiger partial charge in [0.1, 0.15) is 12.6 Å². The van der Waals surface area contributed by atoms with E-state index in [0.29, 0.717) is 22.0 Å². The predicted octanol–water partition coefficient (Wildman–Crippen LogP) is 6.62. The first-order valence-corrected chi connectivity index (χ1v) is 16.2. The summed E-state index contributed by atoms with van der Waals surface area (Å²) in [6, 6.07) is 17.2. The number of carbonyl (C=O) groups is 2. The summed E-state index contributed by atoms with van der Waals surface area (Å²) in [5.41, 5.74) is 1.34. The lowest BCUT2D eigenvalue weighted by molar-refractivity contribution is -0.140. The van der Waals surface area contributed by atoms with Crippen LogP contribution in [0.15, 0.2) is 66.7 Å². The number of halogens is 4. The fourth-order valence-corrected chi connectivity index (χ4v) is 6.01. The van der Waals surface area contributed by atoms with Gasteiger partial charge in [-0.25, -0.2) is 8.42 Å². The maximum Gasteiger partial charge on any atom is 0.244 e. The quantitative estimate of drug-likeness (QED) is 0.237. The number of nitrogens with zero attached hydrogens (tertiary/aromatic N) is 2. The highest BCUT2D eigenvalue weighted by Crippen LogP contribution is 2.30. The number of hydrogen-bond acceptors (Lipinski definition) is 4. The van der Waals surface area contributed by atoms with E-state index < -0.39 is 34.4 Å². The molecule has 0 heterocycles. The van der Waals surface area contributed by atoms with Gasteiger partial charge in [-0.15, -0.1) is 0 Å². The normalized spacial score (nSPS) is 12.9. The largest absolute Gasteiger partial charge is 0.352 e. The van der Waals surface area contributed by atoms with E-state index in [2.05, 4.69) is 5.32 Å². The third kappa shape index (κ3) is 9.25. The summed E-state index contributed by atoms with van der Waals surface area (Å²) in [7, 11) is -3.98. The number of rotatable bonds is 12. The summed E-state index contributed by atoms with van der Waals surface area (Å²) in [5.74, 6) is -1.04. The molecule has 7 nitrogen and oxygen atoms in total. The van der Waals surface area contributed by atoms with E-state index in [1.807, 2.05) is 44.2 Å². The number of hydrogen-bond donors (Lipinski definition) is 1. The standard InChI is InChI=1S/C29H31Cl4N3O4S/c1-4-19(2)34-29(38)27(13-20-9-6-5-7-10-20)35(17-24-25(32)11-8-12-26(24)33)28(37)18-36(41(3,39)40)23-15-21(30)14-22(31)16-23/h5-12,14-16,19,27H,4,13,17-18H2,1-3H3,(H,34,38)/t19-,27-/m1/s1. The van der Waals surface area contributed by atoms with Crippen LogP contribution in [-0.4, -0.2) is 50.0 Å². The van der Waals surface area contributed by atoms with Gasteiger partial charge >= 0.3 is 0 Å². The average Bonchev–Trinajstić information content (AvgIpc) is 2.89. The molecular formula is C29H31Cl4N3O4S. The van der Waals surface area contributed by atoms with Gasteiger partial charge in [0, 0.05) is 44.7 Å². The van der Waals surface area contributed by atoms with Crippen LogP contribution in [0.5, 0.6) is 0 Å². The molecule has 3 aromatic carbocycles. The van der Waals surface area contributed by atoms with Crippen LogP contribution < -0.4 is 9.62 Å². The van der Waals surface area contributed by atoms with E-state index in [-0.39, 0.29) is 34.7 Å². The van der Waals surface area contributed by atoms with Gasteiger partial charge in [0.25, 0.3) is 0 Å². The molecule has 2 atom stereocenters. The lowest BCUT2D eigenvalue weighted by atomic mass is 10.0. The molecular weight excluding hydrogens is 628 g/mol. The van der Waals surface area contributed by atoms with Gasteiger partial charge in [0.05, 0.1) is 11.9 Å². The molecule has 12 heteroatoms. The zero-order valence-corrected chi connectivity index (χ0v) is 26.6. The molecule has 3 aromatic rings. The van der Waals surface area contributed by atoms with Gasteiger partial charge in [-0.1, -0.05) is 89.7 Å². The van der Waals surface area contributed by atoms with Crippen molar-refractivity contribution in [2.24, 2.45) is 0 Å². The van der Waals surface area contributed by atoms with Crippen molar-refractivity contribution >= 4 is 73.9 Å². The van der Waals surface area contributed by atoms with Crippen molar-refractivity contribution in [2.75, 3.05) is 17.1 Å². The molecule has 0 bridgehead atoms. The Bertz CT molecular complexity index is 1450. The second-order valence-electron chi connectivity index (χ2n) is 9.64. The third-order valence-electron chi connectivity index (χ3n) is 6.48. The van der Waals surface area contributed by atoms with E-state index in [1.165, 1.54) is 23.1 Å². The Morgan fingerprint density at radius 1 is 0.902 bits per heavy atom. The van der Waals surface area contributed by atoms with Crippen molar-refractivity contribution in [3.05, 3.63) is 97.9 Å². The van der Waals surface area contributed by atoms with Crippen molar-refractivity contribution in [3.63, 3.8) is 0 Å². The summed E-state index contributed by atoms with van der Waals surface area (Å²) in [6.07, 6.45) is 1.81. The molecule has 41 heavy (non-hydrogen) atoms. The molecule has 1 N–H and O–H groups in total. The van der Waals surface area contributed by atoms with Gasteiger partial charge in [0.2, 0.25) is 21.8 Å². The van der Waals surface area contributed by atoms with Gasteiger partial charge in [0.15, 0.2) is 0 Å². The smallest absolute Gasteiger partial charge is 0.244 e. The van der Waals surface area contributed by atoms with Gasteiger partial charge in [-0.3, -0.25) is 13.9 Å². The lowest BCUT2D eigenvalue weighted by Crippen LogP contribution is -2.54. The van der Waals surface area contributed by atoms with Gasteiger partial charge < -0.3 is 10.2 Å². The Hall–Kier alpha value is -2.49. The lowest BCUT2D eigenvalue weighted by Gasteiger charge is -2.34. The molecule has 0 aliphatic heterocycles. The fraction of sp³-hybridized carbons (Fsp3) is 0.310. The minimum Gasteiger partial charge on any atom is -0.352 e. The van der Waals surface area contributed by atoms with Crippen LogP contribution in [-0.2, 0) is 32.6 Å². The Labute approximate surface area is 261 Å². The number of benzene rings is 3. The van der Waals surface area contributed by atoms with Crippen LogP contribution in [0.2, 0.25) is 20.1 Å². The molecule has 0 aliphatic rings. The Morgan fingerprint density at radius 2 is 1.49 bits per heavy atom. The summed E-state index contributed by atoms with van der Waals surface area (Å²) in [6.45, 7) is 3.03. The Morgan fingerprint density at radius 3 is 2.02 bits per heavy atom.